The molecule has 2 aromatic rings. The van der Waals surface area contributed by atoms with Gasteiger partial charge in [-0.2, -0.15) is 0 Å². The first-order chi connectivity index (χ1) is 11.7. The molecular formula is C16H12O10. The second-order valence-electron chi connectivity index (χ2n) is 4.81. The van der Waals surface area contributed by atoms with Crippen LogP contribution >= 0.6 is 0 Å². The van der Waals surface area contributed by atoms with E-state index in [2.05, 4.69) is 0 Å². The van der Waals surface area contributed by atoms with Crippen molar-refractivity contribution in [2.45, 2.75) is 0 Å². The SMILES string of the molecule is O.O=C(O)c1cc(Oc2cc(C(=O)O)cc(C(=O)O)c2)cc(C(=O)O)c1. The van der Waals surface area contributed by atoms with Gasteiger partial charge in [-0.3, -0.25) is 0 Å². The van der Waals surface area contributed by atoms with E-state index < -0.39 is 23.9 Å². The van der Waals surface area contributed by atoms with Crippen LogP contribution in [0.5, 0.6) is 11.5 Å². The molecule has 2 aromatic carbocycles. The van der Waals surface area contributed by atoms with Crippen molar-refractivity contribution in [1.29, 1.82) is 0 Å². The monoisotopic (exact) mass is 364 g/mol. The zero-order valence-corrected chi connectivity index (χ0v) is 12.8. The average molecular weight is 364 g/mol. The highest BCUT2D eigenvalue weighted by Crippen LogP contribution is 2.26. The summed E-state index contributed by atoms with van der Waals surface area (Å²) >= 11 is 0. The molecule has 0 atom stereocenters. The number of carboxylic acids is 4. The quantitative estimate of drug-likeness (QED) is 0.587. The predicted octanol–water partition coefficient (Wildman–Crippen LogP) is 1.45. The second-order valence-corrected chi connectivity index (χ2v) is 4.81. The molecule has 0 aromatic heterocycles. The molecular weight excluding hydrogens is 352 g/mol. The van der Waals surface area contributed by atoms with Gasteiger partial charge in [-0.25, -0.2) is 19.2 Å². The molecule has 6 N–H and O–H groups in total. The highest BCUT2D eigenvalue weighted by molar-refractivity contribution is 5.95. The number of hydrogen-bond acceptors (Lipinski definition) is 5. The van der Waals surface area contributed by atoms with Gasteiger partial charge >= 0.3 is 23.9 Å². The molecule has 0 heterocycles. The first-order valence-electron chi connectivity index (χ1n) is 6.58. The first-order valence-corrected chi connectivity index (χ1v) is 6.58. The molecule has 0 radical (unpaired) electrons. The van der Waals surface area contributed by atoms with E-state index in [0.717, 1.165) is 36.4 Å². The molecule has 0 saturated heterocycles. The van der Waals surface area contributed by atoms with Gasteiger partial charge in [0.2, 0.25) is 0 Å². The standard InChI is InChI=1S/C16H10O9.H2O/c17-13(18)7-1-8(14(19)20)4-11(3-7)25-12-5-9(15(21)22)2-10(6-12)16(23)24;/h1-6H,(H,17,18)(H,19,20)(H,21,22)(H,23,24);1H2. The van der Waals surface area contributed by atoms with E-state index in [-0.39, 0.29) is 39.2 Å². The average Bonchev–Trinajstić information content (AvgIpc) is 2.53. The van der Waals surface area contributed by atoms with Gasteiger partial charge in [0.1, 0.15) is 11.5 Å². The third-order valence-corrected chi connectivity index (χ3v) is 3.04. The molecule has 2 rings (SSSR count). The van der Waals surface area contributed by atoms with Crippen LogP contribution < -0.4 is 4.74 Å². The van der Waals surface area contributed by atoms with Gasteiger partial charge < -0.3 is 30.6 Å². The number of carboxylic acid groups (broad SMARTS) is 4. The molecule has 136 valence electrons. The van der Waals surface area contributed by atoms with Crippen LogP contribution in [0.1, 0.15) is 41.4 Å². The van der Waals surface area contributed by atoms with E-state index >= 15 is 0 Å². The summed E-state index contributed by atoms with van der Waals surface area (Å²) in [5.41, 5.74) is -1.43. The maximum absolute atomic E-state index is 11.1. The Morgan fingerprint density at radius 2 is 0.769 bits per heavy atom. The van der Waals surface area contributed by atoms with Crippen molar-refractivity contribution in [3.05, 3.63) is 58.7 Å². The summed E-state index contributed by atoms with van der Waals surface area (Å²) in [4.78, 5) is 44.3. The molecule has 0 spiro atoms. The van der Waals surface area contributed by atoms with E-state index in [9.17, 15) is 19.2 Å². The normalized spacial score (nSPS) is 9.69. The molecule has 0 saturated carbocycles. The Hall–Kier alpha value is -3.92. The smallest absolute Gasteiger partial charge is 0.335 e. The third kappa shape index (κ3) is 4.55. The molecule has 10 nitrogen and oxygen atoms in total. The fraction of sp³-hybridized carbons (Fsp3) is 0. The topological polar surface area (TPSA) is 190 Å². The molecule has 0 aliphatic rings. The van der Waals surface area contributed by atoms with Crippen LogP contribution in [0.15, 0.2) is 36.4 Å². The summed E-state index contributed by atoms with van der Waals surface area (Å²) in [5, 5.41) is 36.0. The van der Waals surface area contributed by atoms with Gasteiger partial charge in [-0.1, -0.05) is 0 Å². The molecule has 10 heteroatoms. The molecule has 0 aliphatic carbocycles. The van der Waals surface area contributed by atoms with E-state index in [0.29, 0.717) is 0 Å². The van der Waals surface area contributed by atoms with Crippen molar-refractivity contribution in [1.82, 2.24) is 0 Å². The number of rotatable bonds is 6. The Morgan fingerprint density at radius 3 is 0.962 bits per heavy atom. The Balaban J connectivity index is 0.00000338. The van der Waals surface area contributed by atoms with E-state index in [4.69, 9.17) is 25.2 Å². The zero-order valence-electron chi connectivity index (χ0n) is 12.8. The lowest BCUT2D eigenvalue weighted by Crippen LogP contribution is -2.05. The minimum absolute atomic E-state index is 0. The second kappa shape index (κ2) is 7.77. The lowest BCUT2D eigenvalue weighted by molar-refractivity contribution is 0.0676. The number of aromatic carboxylic acids is 4. The summed E-state index contributed by atoms with van der Waals surface area (Å²) in [6.45, 7) is 0. The summed E-state index contributed by atoms with van der Waals surface area (Å²) in [6.07, 6.45) is 0. The molecule has 0 aliphatic heterocycles. The van der Waals surface area contributed by atoms with Gasteiger partial charge in [0, 0.05) is 0 Å². The Labute approximate surface area is 144 Å². The van der Waals surface area contributed by atoms with E-state index in [1.807, 2.05) is 0 Å². The number of hydrogen-bond donors (Lipinski definition) is 4. The van der Waals surface area contributed by atoms with Crippen molar-refractivity contribution in [3.63, 3.8) is 0 Å². The summed E-state index contributed by atoms with van der Waals surface area (Å²) in [7, 11) is 0. The van der Waals surface area contributed by atoms with Crippen molar-refractivity contribution in [2.24, 2.45) is 0 Å². The number of ether oxygens (including phenoxy) is 1. The molecule has 0 fully saturated rings. The summed E-state index contributed by atoms with van der Waals surface area (Å²) in [5.74, 6) is -5.96. The van der Waals surface area contributed by atoms with Crippen molar-refractivity contribution < 1.29 is 49.8 Å². The number of benzene rings is 2. The summed E-state index contributed by atoms with van der Waals surface area (Å²) < 4.78 is 5.29. The Bertz CT molecular complexity index is 762. The molecule has 26 heavy (non-hydrogen) atoms. The molecule has 0 unspecified atom stereocenters. The van der Waals surface area contributed by atoms with Gasteiger partial charge in [0.05, 0.1) is 22.3 Å². The van der Waals surface area contributed by atoms with Gasteiger partial charge in [-0.15, -0.1) is 0 Å². The van der Waals surface area contributed by atoms with E-state index in [1.165, 1.54) is 0 Å². The summed E-state index contributed by atoms with van der Waals surface area (Å²) in [6, 6.07) is 5.97. The van der Waals surface area contributed by atoms with Gasteiger partial charge in [0.25, 0.3) is 0 Å². The van der Waals surface area contributed by atoms with Crippen LogP contribution in [0, 0.1) is 0 Å². The largest absolute Gasteiger partial charge is 0.478 e. The Morgan fingerprint density at radius 1 is 0.538 bits per heavy atom. The lowest BCUT2D eigenvalue weighted by Gasteiger charge is -2.10. The highest BCUT2D eigenvalue weighted by Gasteiger charge is 2.15. The highest BCUT2D eigenvalue weighted by atomic mass is 16.5. The molecule has 0 amide bonds. The third-order valence-electron chi connectivity index (χ3n) is 3.04. The fourth-order valence-corrected chi connectivity index (χ4v) is 1.95. The van der Waals surface area contributed by atoms with Crippen LogP contribution in [-0.4, -0.2) is 49.8 Å². The Kier molecular flexibility index (Phi) is 6.01. The van der Waals surface area contributed by atoms with Gasteiger partial charge in [-0.05, 0) is 36.4 Å². The molecule has 0 bridgehead atoms. The van der Waals surface area contributed by atoms with Crippen LogP contribution in [0.2, 0.25) is 0 Å². The van der Waals surface area contributed by atoms with E-state index in [1.54, 1.807) is 0 Å². The fourth-order valence-electron chi connectivity index (χ4n) is 1.95. The zero-order chi connectivity index (χ0) is 18.7. The predicted molar refractivity (Wildman–Crippen MR) is 84.4 cm³/mol. The first kappa shape index (κ1) is 20.1. The van der Waals surface area contributed by atoms with Crippen LogP contribution in [0.25, 0.3) is 0 Å². The van der Waals surface area contributed by atoms with Crippen molar-refractivity contribution >= 4 is 23.9 Å². The van der Waals surface area contributed by atoms with Crippen molar-refractivity contribution in [3.8, 4) is 11.5 Å². The maximum atomic E-state index is 11.1. The van der Waals surface area contributed by atoms with Crippen molar-refractivity contribution in [2.75, 3.05) is 0 Å². The minimum atomic E-state index is -1.39. The van der Waals surface area contributed by atoms with Crippen LogP contribution in [0.4, 0.5) is 0 Å². The number of carbonyl (C=O) groups is 4. The lowest BCUT2D eigenvalue weighted by atomic mass is 10.1. The maximum Gasteiger partial charge on any atom is 0.335 e. The van der Waals surface area contributed by atoms with Crippen LogP contribution in [-0.2, 0) is 0 Å². The minimum Gasteiger partial charge on any atom is -0.478 e. The van der Waals surface area contributed by atoms with Crippen LogP contribution in [0.3, 0.4) is 0 Å². The van der Waals surface area contributed by atoms with Gasteiger partial charge in [0.15, 0.2) is 0 Å².